The Kier molecular flexibility index (Phi) is 6.53. The Labute approximate surface area is 158 Å². The molecule has 2 rings (SSSR count). The van der Waals surface area contributed by atoms with E-state index in [-0.39, 0.29) is 23.7 Å². The zero-order valence-corrected chi connectivity index (χ0v) is 16.3. The number of aliphatic hydroxyl groups is 1. The van der Waals surface area contributed by atoms with E-state index in [1.165, 1.54) is 12.1 Å². The molecular weight excluding hydrogens is 370 g/mol. The molecular formula is C18H23N3O5S. The lowest BCUT2D eigenvalue weighted by Crippen LogP contribution is -2.41. The highest BCUT2D eigenvalue weighted by molar-refractivity contribution is 7.92. The Morgan fingerprint density at radius 2 is 1.59 bits per heavy atom. The van der Waals surface area contributed by atoms with E-state index in [4.69, 9.17) is 0 Å². The van der Waals surface area contributed by atoms with Gasteiger partial charge in [-0.15, -0.1) is 0 Å². The molecule has 1 N–H and O–H groups in total. The molecule has 0 aliphatic carbocycles. The maximum atomic E-state index is 13.2. The van der Waals surface area contributed by atoms with Crippen molar-refractivity contribution in [1.82, 2.24) is 4.90 Å². The summed E-state index contributed by atoms with van der Waals surface area (Å²) in [7, 11) is -0.444. The highest BCUT2D eigenvalue weighted by atomic mass is 32.2. The summed E-state index contributed by atoms with van der Waals surface area (Å²) in [5.41, 5.74) is 1.19. The summed E-state index contributed by atoms with van der Waals surface area (Å²) in [6.45, 7) is 2.04. The van der Waals surface area contributed by atoms with Crippen LogP contribution in [0.5, 0.6) is 0 Å². The van der Waals surface area contributed by atoms with Crippen LogP contribution in [0.4, 0.5) is 11.4 Å². The minimum Gasteiger partial charge on any atom is -0.390 e. The van der Waals surface area contributed by atoms with Crippen LogP contribution >= 0.6 is 0 Å². The lowest BCUT2D eigenvalue weighted by atomic mass is 10.2. The maximum Gasteiger partial charge on any atom is 0.269 e. The van der Waals surface area contributed by atoms with Crippen molar-refractivity contribution in [3.63, 3.8) is 0 Å². The highest BCUT2D eigenvalue weighted by Crippen LogP contribution is 2.26. The van der Waals surface area contributed by atoms with Crippen molar-refractivity contribution in [2.75, 3.05) is 31.5 Å². The Hall–Kier alpha value is -2.49. The number of aryl methyl sites for hydroxylation is 1. The summed E-state index contributed by atoms with van der Waals surface area (Å²) >= 11 is 0. The molecule has 0 bridgehead atoms. The summed E-state index contributed by atoms with van der Waals surface area (Å²) in [4.78, 5) is 11.9. The number of rotatable bonds is 8. The first-order chi connectivity index (χ1) is 12.6. The van der Waals surface area contributed by atoms with Crippen molar-refractivity contribution in [2.24, 2.45) is 0 Å². The van der Waals surface area contributed by atoms with Gasteiger partial charge in [-0.1, -0.05) is 17.7 Å². The fraction of sp³-hybridized carbons (Fsp3) is 0.333. The van der Waals surface area contributed by atoms with E-state index in [1.54, 1.807) is 43.3 Å². The van der Waals surface area contributed by atoms with Crippen LogP contribution in [-0.2, 0) is 10.0 Å². The molecule has 0 fully saturated rings. The fourth-order valence-electron chi connectivity index (χ4n) is 2.59. The van der Waals surface area contributed by atoms with Crippen LogP contribution < -0.4 is 4.31 Å². The Balaban J connectivity index is 2.43. The lowest BCUT2D eigenvalue weighted by Gasteiger charge is -2.28. The van der Waals surface area contributed by atoms with Crippen molar-refractivity contribution in [3.05, 3.63) is 64.2 Å². The third-order valence-electron chi connectivity index (χ3n) is 3.91. The van der Waals surface area contributed by atoms with E-state index in [2.05, 4.69) is 0 Å². The second-order valence-electron chi connectivity index (χ2n) is 6.54. The van der Waals surface area contributed by atoms with Gasteiger partial charge in [0.05, 0.1) is 28.2 Å². The normalized spacial score (nSPS) is 12.8. The van der Waals surface area contributed by atoms with Gasteiger partial charge >= 0.3 is 0 Å². The van der Waals surface area contributed by atoms with Crippen LogP contribution in [-0.4, -0.2) is 56.6 Å². The molecule has 146 valence electrons. The number of sulfonamides is 1. The molecule has 1 atom stereocenters. The van der Waals surface area contributed by atoms with Crippen molar-refractivity contribution >= 4 is 21.4 Å². The van der Waals surface area contributed by atoms with Crippen molar-refractivity contribution in [2.45, 2.75) is 17.9 Å². The topological polar surface area (TPSA) is 104 Å². The first kappa shape index (κ1) is 20.8. The quantitative estimate of drug-likeness (QED) is 0.544. The van der Waals surface area contributed by atoms with Gasteiger partial charge in [0.1, 0.15) is 0 Å². The van der Waals surface area contributed by atoms with Crippen LogP contribution in [0.1, 0.15) is 5.56 Å². The molecule has 0 saturated carbocycles. The molecule has 0 aliphatic heterocycles. The van der Waals surface area contributed by atoms with Crippen LogP contribution in [0.2, 0.25) is 0 Å². The van der Waals surface area contributed by atoms with Gasteiger partial charge in [0.2, 0.25) is 0 Å². The number of nitro benzene ring substituents is 1. The molecule has 0 aliphatic rings. The van der Waals surface area contributed by atoms with Gasteiger partial charge in [0.25, 0.3) is 15.7 Å². The molecule has 0 radical (unpaired) electrons. The summed E-state index contributed by atoms with van der Waals surface area (Å²) in [5.74, 6) is 0. The van der Waals surface area contributed by atoms with E-state index in [9.17, 15) is 23.6 Å². The van der Waals surface area contributed by atoms with E-state index in [0.717, 1.165) is 22.0 Å². The molecule has 0 heterocycles. The predicted molar refractivity (Wildman–Crippen MR) is 103 cm³/mol. The summed E-state index contributed by atoms with van der Waals surface area (Å²) in [6.07, 6.45) is -0.908. The molecule has 2 aromatic rings. The average Bonchev–Trinajstić information content (AvgIpc) is 2.60. The van der Waals surface area contributed by atoms with Crippen LogP contribution in [0, 0.1) is 17.0 Å². The molecule has 0 saturated heterocycles. The number of nitro groups is 1. The number of nitrogens with zero attached hydrogens (tertiary/aromatic N) is 3. The SMILES string of the molecule is Cc1ccc(N(CC(O)CN(C)C)S(=O)(=O)c2ccc([N+](=O)[O-])cc2)cc1. The van der Waals surface area contributed by atoms with Crippen LogP contribution in [0.25, 0.3) is 0 Å². The van der Waals surface area contributed by atoms with Crippen LogP contribution in [0.3, 0.4) is 0 Å². The van der Waals surface area contributed by atoms with E-state index in [1.807, 2.05) is 6.92 Å². The molecule has 0 spiro atoms. The first-order valence-electron chi connectivity index (χ1n) is 8.28. The predicted octanol–water partition coefficient (Wildman–Crippen LogP) is 2.02. The van der Waals surface area contributed by atoms with E-state index in [0.29, 0.717) is 5.69 Å². The summed E-state index contributed by atoms with van der Waals surface area (Å²) < 4.78 is 27.4. The molecule has 0 amide bonds. The second kappa shape index (κ2) is 8.47. The van der Waals surface area contributed by atoms with Gasteiger partial charge in [-0.25, -0.2) is 8.42 Å². The third kappa shape index (κ3) is 5.25. The van der Waals surface area contributed by atoms with E-state index < -0.39 is 21.1 Å². The number of anilines is 1. The largest absolute Gasteiger partial charge is 0.390 e. The van der Waals surface area contributed by atoms with Crippen molar-refractivity contribution in [1.29, 1.82) is 0 Å². The summed E-state index contributed by atoms with van der Waals surface area (Å²) in [6, 6.07) is 11.6. The van der Waals surface area contributed by atoms with Gasteiger partial charge in [-0.2, -0.15) is 0 Å². The van der Waals surface area contributed by atoms with Gasteiger partial charge in [-0.3, -0.25) is 14.4 Å². The molecule has 27 heavy (non-hydrogen) atoms. The number of hydrogen-bond donors (Lipinski definition) is 1. The molecule has 8 nitrogen and oxygen atoms in total. The molecule has 1 unspecified atom stereocenters. The third-order valence-corrected chi connectivity index (χ3v) is 5.72. The van der Waals surface area contributed by atoms with Crippen molar-refractivity contribution in [3.8, 4) is 0 Å². The van der Waals surface area contributed by atoms with Gasteiger partial charge in [0, 0.05) is 18.7 Å². The first-order valence-corrected chi connectivity index (χ1v) is 9.72. The average molecular weight is 393 g/mol. The number of hydrogen-bond acceptors (Lipinski definition) is 6. The minimum atomic E-state index is -4.01. The van der Waals surface area contributed by atoms with E-state index >= 15 is 0 Å². The number of non-ortho nitro benzene ring substituents is 1. The number of aliphatic hydroxyl groups excluding tert-OH is 1. The standard InChI is InChI=1S/C18H23N3O5S/c1-14-4-6-15(7-5-14)20(13-17(22)12-19(2)3)27(25,26)18-10-8-16(9-11-18)21(23)24/h4-11,17,22H,12-13H2,1-3H3. The fourth-order valence-corrected chi connectivity index (χ4v) is 4.09. The Bertz CT molecular complexity index is 880. The number of likely N-dealkylation sites (N-methyl/N-ethyl adjacent to an activating group) is 1. The maximum absolute atomic E-state index is 13.2. The van der Waals surface area contributed by atoms with Gasteiger partial charge in [0.15, 0.2) is 0 Å². The smallest absolute Gasteiger partial charge is 0.269 e. The van der Waals surface area contributed by atoms with Crippen LogP contribution in [0.15, 0.2) is 53.4 Å². The monoisotopic (exact) mass is 393 g/mol. The Morgan fingerprint density at radius 1 is 1.04 bits per heavy atom. The zero-order valence-electron chi connectivity index (χ0n) is 15.4. The number of benzene rings is 2. The lowest BCUT2D eigenvalue weighted by molar-refractivity contribution is -0.384. The summed E-state index contributed by atoms with van der Waals surface area (Å²) in [5, 5.41) is 21.1. The highest BCUT2D eigenvalue weighted by Gasteiger charge is 2.28. The Morgan fingerprint density at radius 3 is 2.07 bits per heavy atom. The van der Waals surface area contributed by atoms with Gasteiger partial charge in [-0.05, 0) is 45.3 Å². The van der Waals surface area contributed by atoms with Gasteiger partial charge < -0.3 is 10.0 Å². The second-order valence-corrected chi connectivity index (χ2v) is 8.40. The van der Waals surface area contributed by atoms with Crippen molar-refractivity contribution < 1.29 is 18.4 Å². The minimum absolute atomic E-state index is 0.0780. The molecule has 9 heteroatoms. The molecule has 2 aromatic carbocycles. The molecule has 0 aromatic heterocycles. The zero-order chi connectivity index (χ0) is 20.2.